The number of fused-ring (bicyclic) bond motifs is 1. The molecule has 0 radical (unpaired) electrons. The van der Waals surface area contributed by atoms with Crippen molar-refractivity contribution in [3.63, 3.8) is 0 Å². The van der Waals surface area contributed by atoms with Gasteiger partial charge in [0.1, 0.15) is 11.0 Å². The van der Waals surface area contributed by atoms with E-state index in [1.54, 1.807) is 25.1 Å². The van der Waals surface area contributed by atoms with Crippen LogP contribution >= 0.6 is 11.6 Å². The summed E-state index contributed by atoms with van der Waals surface area (Å²) in [6.07, 6.45) is 1.18. The van der Waals surface area contributed by atoms with Crippen LogP contribution in [-0.4, -0.2) is 28.5 Å². The Labute approximate surface area is 132 Å². The van der Waals surface area contributed by atoms with Crippen molar-refractivity contribution >= 4 is 40.3 Å². The summed E-state index contributed by atoms with van der Waals surface area (Å²) in [7, 11) is 0. The van der Waals surface area contributed by atoms with E-state index in [4.69, 9.17) is 16.3 Å². The van der Waals surface area contributed by atoms with E-state index in [0.717, 1.165) is 6.42 Å². The maximum Gasteiger partial charge on any atom is 0.341 e. The Morgan fingerprint density at radius 2 is 2.05 bits per heavy atom. The number of anilines is 1. The Kier molecular flexibility index (Phi) is 5.27. The quantitative estimate of drug-likeness (QED) is 0.675. The smallest absolute Gasteiger partial charge is 0.341 e. The molecular formula is C15H16ClN3O3. The highest BCUT2D eigenvalue weighted by molar-refractivity contribution is 6.32. The number of carbonyl (C=O) groups is 2. The summed E-state index contributed by atoms with van der Waals surface area (Å²) < 4.78 is 4.92. The van der Waals surface area contributed by atoms with Crippen molar-refractivity contribution in [2.45, 2.75) is 26.7 Å². The topological polar surface area (TPSA) is 81.2 Å². The molecule has 0 unspecified atom stereocenters. The lowest BCUT2D eigenvalue weighted by Gasteiger charge is -2.07. The number of amides is 1. The van der Waals surface area contributed by atoms with Crippen molar-refractivity contribution in [2.24, 2.45) is 0 Å². The first-order valence-electron chi connectivity index (χ1n) is 6.99. The first-order valence-corrected chi connectivity index (χ1v) is 7.37. The van der Waals surface area contributed by atoms with Crippen molar-refractivity contribution in [3.05, 3.63) is 28.9 Å². The molecule has 1 amide bonds. The lowest BCUT2D eigenvalue weighted by atomic mass is 10.2. The van der Waals surface area contributed by atoms with E-state index in [1.165, 1.54) is 0 Å². The molecule has 22 heavy (non-hydrogen) atoms. The lowest BCUT2D eigenvalue weighted by Crippen LogP contribution is -2.12. The molecule has 0 spiro atoms. The second-order valence-electron chi connectivity index (χ2n) is 4.59. The molecule has 0 aliphatic heterocycles. The fraction of sp³-hybridized carbons (Fsp3) is 0.333. The molecule has 0 aliphatic carbocycles. The number of pyridine rings is 2. The Morgan fingerprint density at radius 3 is 2.73 bits per heavy atom. The number of halogens is 1. The van der Waals surface area contributed by atoms with Crippen molar-refractivity contribution in [3.8, 4) is 0 Å². The first-order chi connectivity index (χ1) is 10.5. The molecular weight excluding hydrogens is 306 g/mol. The van der Waals surface area contributed by atoms with Gasteiger partial charge in [0, 0.05) is 11.8 Å². The first kappa shape index (κ1) is 16.2. The molecule has 0 saturated heterocycles. The van der Waals surface area contributed by atoms with Gasteiger partial charge < -0.3 is 10.1 Å². The van der Waals surface area contributed by atoms with E-state index in [9.17, 15) is 9.59 Å². The second-order valence-corrected chi connectivity index (χ2v) is 4.95. The van der Waals surface area contributed by atoms with Gasteiger partial charge in [-0.05, 0) is 31.5 Å². The Bertz CT molecular complexity index is 718. The maximum absolute atomic E-state index is 11.8. The molecule has 0 fully saturated rings. The maximum atomic E-state index is 11.8. The third-order valence-electron chi connectivity index (χ3n) is 2.87. The van der Waals surface area contributed by atoms with Crippen molar-refractivity contribution in [1.29, 1.82) is 0 Å². The summed E-state index contributed by atoms with van der Waals surface area (Å²) in [6.45, 7) is 3.90. The monoisotopic (exact) mass is 321 g/mol. The van der Waals surface area contributed by atoms with Crippen LogP contribution in [-0.2, 0) is 9.53 Å². The number of aromatic nitrogens is 2. The third-order valence-corrected chi connectivity index (χ3v) is 3.16. The number of hydrogen-bond acceptors (Lipinski definition) is 5. The van der Waals surface area contributed by atoms with Crippen LogP contribution in [0.15, 0.2) is 18.2 Å². The van der Waals surface area contributed by atoms with Gasteiger partial charge in [0.15, 0.2) is 5.65 Å². The number of hydrogen-bond donors (Lipinski definition) is 1. The van der Waals surface area contributed by atoms with E-state index in [2.05, 4.69) is 15.3 Å². The molecule has 0 bridgehead atoms. The number of nitrogens with zero attached hydrogens (tertiary/aromatic N) is 2. The van der Waals surface area contributed by atoms with Crippen molar-refractivity contribution in [2.75, 3.05) is 11.9 Å². The summed E-state index contributed by atoms with van der Waals surface area (Å²) in [4.78, 5) is 31.7. The highest BCUT2D eigenvalue weighted by atomic mass is 35.5. The van der Waals surface area contributed by atoms with Gasteiger partial charge in [-0.1, -0.05) is 18.5 Å². The van der Waals surface area contributed by atoms with Gasteiger partial charge in [0.25, 0.3) is 0 Å². The van der Waals surface area contributed by atoms with E-state index >= 15 is 0 Å². The van der Waals surface area contributed by atoms with Gasteiger partial charge in [-0.2, -0.15) is 0 Å². The van der Waals surface area contributed by atoms with E-state index < -0.39 is 5.97 Å². The molecule has 2 rings (SSSR count). The minimum Gasteiger partial charge on any atom is -0.462 e. The predicted octanol–water partition coefficient (Wildman–Crippen LogP) is 3.20. The summed E-state index contributed by atoms with van der Waals surface area (Å²) in [5.41, 5.74) is 0.549. The van der Waals surface area contributed by atoms with Crippen LogP contribution in [0.3, 0.4) is 0 Å². The van der Waals surface area contributed by atoms with Gasteiger partial charge in [0.2, 0.25) is 5.91 Å². The fourth-order valence-corrected chi connectivity index (χ4v) is 2.10. The summed E-state index contributed by atoms with van der Waals surface area (Å²) in [6, 6.07) is 4.95. The van der Waals surface area contributed by atoms with Crippen LogP contribution in [0, 0.1) is 0 Å². The highest BCUT2D eigenvalue weighted by Gasteiger charge is 2.15. The van der Waals surface area contributed by atoms with Crippen molar-refractivity contribution in [1.82, 2.24) is 9.97 Å². The standard InChI is InChI=1S/C15H16ClN3O3/c1-3-5-12(20)17-11-7-6-9-8-10(15(21)22-4-2)13(16)19-14(9)18-11/h6-8H,3-5H2,1-2H3,(H,17,18,19,20). The molecule has 0 aromatic carbocycles. The van der Waals surface area contributed by atoms with E-state index in [0.29, 0.717) is 23.3 Å². The van der Waals surface area contributed by atoms with Crippen LogP contribution in [0.2, 0.25) is 5.15 Å². The molecule has 0 aliphatic rings. The highest BCUT2D eigenvalue weighted by Crippen LogP contribution is 2.21. The zero-order chi connectivity index (χ0) is 16.1. The molecule has 1 N–H and O–H groups in total. The largest absolute Gasteiger partial charge is 0.462 e. The number of esters is 1. The van der Waals surface area contributed by atoms with Gasteiger partial charge >= 0.3 is 5.97 Å². The number of ether oxygens (including phenoxy) is 1. The Balaban J connectivity index is 2.33. The Hall–Kier alpha value is -2.21. The zero-order valence-electron chi connectivity index (χ0n) is 12.4. The lowest BCUT2D eigenvalue weighted by molar-refractivity contribution is -0.116. The Morgan fingerprint density at radius 1 is 1.27 bits per heavy atom. The zero-order valence-corrected chi connectivity index (χ0v) is 13.1. The van der Waals surface area contributed by atoms with Gasteiger partial charge in [-0.3, -0.25) is 4.79 Å². The van der Waals surface area contributed by atoms with Gasteiger partial charge in [-0.25, -0.2) is 14.8 Å². The molecule has 2 aromatic rings. The minimum atomic E-state index is -0.526. The molecule has 6 nitrogen and oxygen atoms in total. The predicted molar refractivity (Wildman–Crippen MR) is 84.0 cm³/mol. The van der Waals surface area contributed by atoms with Crippen LogP contribution in [0.1, 0.15) is 37.0 Å². The van der Waals surface area contributed by atoms with Crippen LogP contribution in [0.4, 0.5) is 5.82 Å². The molecule has 7 heteroatoms. The van der Waals surface area contributed by atoms with Crippen molar-refractivity contribution < 1.29 is 14.3 Å². The minimum absolute atomic E-state index is 0.0236. The average Bonchev–Trinajstić information content (AvgIpc) is 2.46. The van der Waals surface area contributed by atoms with Crippen LogP contribution in [0.25, 0.3) is 11.0 Å². The van der Waals surface area contributed by atoms with E-state index in [1.807, 2.05) is 6.92 Å². The summed E-state index contributed by atoms with van der Waals surface area (Å²) in [5.74, 6) is -0.232. The van der Waals surface area contributed by atoms with E-state index in [-0.39, 0.29) is 23.2 Å². The third kappa shape index (κ3) is 3.71. The number of nitrogens with one attached hydrogen (secondary N) is 1. The number of rotatable bonds is 5. The van der Waals surface area contributed by atoms with Gasteiger partial charge in [-0.15, -0.1) is 0 Å². The molecule has 0 saturated carbocycles. The molecule has 116 valence electrons. The molecule has 0 atom stereocenters. The SMILES string of the molecule is CCCC(=O)Nc1ccc2cc(C(=O)OCC)c(Cl)nc2n1. The summed E-state index contributed by atoms with van der Waals surface area (Å²) >= 11 is 6.00. The average molecular weight is 322 g/mol. The fourth-order valence-electron chi connectivity index (χ4n) is 1.88. The second kappa shape index (κ2) is 7.17. The molecule has 2 aromatic heterocycles. The normalized spacial score (nSPS) is 10.5. The van der Waals surface area contributed by atoms with Crippen LogP contribution < -0.4 is 5.32 Å². The summed E-state index contributed by atoms with van der Waals surface area (Å²) in [5, 5.41) is 3.35. The van der Waals surface area contributed by atoms with Crippen LogP contribution in [0.5, 0.6) is 0 Å². The molecule has 2 heterocycles. The van der Waals surface area contributed by atoms with Gasteiger partial charge in [0.05, 0.1) is 12.2 Å². The number of carbonyl (C=O) groups excluding carboxylic acids is 2.